The molecule has 1 saturated heterocycles. The summed E-state index contributed by atoms with van der Waals surface area (Å²) in [5.74, 6) is -0.460. The molecule has 0 bridgehead atoms. The van der Waals surface area contributed by atoms with E-state index in [1.165, 1.54) is 6.07 Å². The van der Waals surface area contributed by atoms with Gasteiger partial charge in [-0.25, -0.2) is 4.79 Å². The van der Waals surface area contributed by atoms with Crippen molar-refractivity contribution in [3.63, 3.8) is 0 Å². The van der Waals surface area contributed by atoms with E-state index in [9.17, 15) is 4.79 Å². The third kappa shape index (κ3) is 2.44. The average molecular weight is 239 g/mol. The molecule has 17 heavy (non-hydrogen) atoms. The van der Waals surface area contributed by atoms with Gasteiger partial charge in [0.2, 0.25) is 5.76 Å². The van der Waals surface area contributed by atoms with Crippen LogP contribution in [0, 0.1) is 0 Å². The number of piperidine rings is 1. The van der Waals surface area contributed by atoms with Crippen LogP contribution in [0.1, 0.15) is 30.3 Å². The molecule has 1 fully saturated rings. The lowest BCUT2D eigenvalue weighted by Crippen LogP contribution is -2.47. The first kappa shape index (κ1) is 12.0. The molecule has 94 valence electrons. The minimum atomic E-state index is -1.04. The van der Waals surface area contributed by atoms with Crippen LogP contribution in [-0.4, -0.2) is 36.9 Å². The van der Waals surface area contributed by atoms with E-state index in [2.05, 4.69) is 6.92 Å². The number of hydrogen-bond donors (Lipinski definition) is 1. The number of hydrogen-bond acceptors (Lipinski definition) is 4. The number of methoxy groups -OCH3 is 1. The van der Waals surface area contributed by atoms with Crippen molar-refractivity contribution < 1.29 is 19.1 Å². The first-order valence-electron chi connectivity index (χ1n) is 5.67. The first-order chi connectivity index (χ1) is 8.04. The number of carboxylic acid groups (broad SMARTS) is 1. The zero-order valence-electron chi connectivity index (χ0n) is 10.1. The lowest BCUT2D eigenvalue weighted by Gasteiger charge is -2.39. The molecule has 0 radical (unpaired) electrons. The van der Waals surface area contributed by atoms with E-state index in [-0.39, 0.29) is 11.4 Å². The Hall–Kier alpha value is -1.49. The zero-order valence-corrected chi connectivity index (χ0v) is 10.1. The lowest BCUT2D eigenvalue weighted by molar-refractivity contribution is -0.00547. The van der Waals surface area contributed by atoms with Gasteiger partial charge in [0.15, 0.2) is 5.88 Å². The Bertz CT molecular complexity index is 414. The molecule has 1 aliphatic rings. The van der Waals surface area contributed by atoms with Gasteiger partial charge >= 0.3 is 5.97 Å². The third-order valence-electron chi connectivity index (χ3n) is 3.27. The molecule has 0 amide bonds. The molecule has 1 aromatic rings. The average Bonchev–Trinajstić information content (AvgIpc) is 2.78. The van der Waals surface area contributed by atoms with Gasteiger partial charge in [-0.1, -0.05) is 0 Å². The topological polar surface area (TPSA) is 62.9 Å². The maximum atomic E-state index is 10.7. The summed E-state index contributed by atoms with van der Waals surface area (Å²) >= 11 is 0. The molecule has 0 aromatic carbocycles. The summed E-state index contributed by atoms with van der Waals surface area (Å²) in [6.45, 7) is 3.64. The second-order valence-corrected chi connectivity index (χ2v) is 4.62. The van der Waals surface area contributed by atoms with Gasteiger partial charge in [-0.05, 0) is 25.8 Å². The summed E-state index contributed by atoms with van der Waals surface area (Å²) in [5, 5.41) is 8.81. The molecule has 1 aromatic heterocycles. The van der Waals surface area contributed by atoms with E-state index in [1.807, 2.05) is 4.90 Å². The summed E-state index contributed by atoms with van der Waals surface area (Å²) in [7, 11) is 1.70. The Kier molecular flexibility index (Phi) is 3.11. The molecular weight excluding hydrogens is 222 g/mol. The number of nitrogens with zero attached hydrogens (tertiary/aromatic N) is 1. The molecule has 1 N–H and O–H groups in total. The number of carboxylic acids is 1. The molecule has 0 aliphatic carbocycles. The Balaban J connectivity index is 2.13. The van der Waals surface area contributed by atoms with Crippen molar-refractivity contribution >= 4 is 11.9 Å². The second-order valence-electron chi connectivity index (χ2n) is 4.62. The smallest absolute Gasteiger partial charge is 0.371 e. The highest BCUT2D eigenvalue weighted by Gasteiger charge is 2.32. The summed E-state index contributed by atoms with van der Waals surface area (Å²) in [6, 6.07) is 3.18. The maximum absolute atomic E-state index is 10.7. The third-order valence-corrected chi connectivity index (χ3v) is 3.27. The van der Waals surface area contributed by atoms with Gasteiger partial charge in [-0.3, -0.25) is 0 Å². The second kappa shape index (κ2) is 4.41. The molecule has 5 heteroatoms. The van der Waals surface area contributed by atoms with Gasteiger partial charge in [0.1, 0.15) is 0 Å². The molecule has 1 atom stereocenters. The molecule has 1 aliphatic heterocycles. The van der Waals surface area contributed by atoms with Crippen LogP contribution in [0.4, 0.5) is 5.88 Å². The van der Waals surface area contributed by atoms with Crippen LogP contribution in [0.2, 0.25) is 0 Å². The fourth-order valence-corrected chi connectivity index (χ4v) is 2.17. The van der Waals surface area contributed by atoms with Crippen molar-refractivity contribution in [1.82, 2.24) is 0 Å². The van der Waals surface area contributed by atoms with Crippen LogP contribution in [0.5, 0.6) is 0 Å². The molecule has 5 nitrogen and oxygen atoms in total. The van der Waals surface area contributed by atoms with E-state index < -0.39 is 5.97 Å². The van der Waals surface area contributed by atoms with E-state index in [1.54, 1.807) is 13.2 Å². The van der Waals surface area contributed by atoms with Crippen LogP contribution in [0.25, 0.3) is 0 Å². The van der Waals surface area contributed by atoms with E-state index in [4.69, 9.17) is 14.3 Å². The highest BCUT2D eigenvalue weighted by molar-refractivity contribution is 5.84. The predicted octanol–water partition coefficient (Wildman–Crippen LogP) is 1.98. The van der Waals surface area contributed by atoms with Crippen molar-refractivity contribution in [3.8, 4) is 0 Å². The largest absolute Gasteiger partial charge is 0.475 e. The minimum Gasteiger partial charge on any atom is -0.475 e. The monoisotopic (exact) mass is 239 g/mol. The van der Waals surface area contributed by atoms with E-state index >= 15 is 0 Å². The van der Waals surface area contributed by atoms with Crippen LogP contribution >= 0.6 is 0 Å². The van der Waals surface area contributed by atoms with Gasteiger partial charge in [0.05, 0.1) is 5.60 Å². The fourth-order valence-electron chi connectivity index (χ4n) is 2.17. The standard InChI is InChI=1S/C12H17NO4/c1-12(16-2)6-3-7-13(8-12)10-5-4-9(17-10)11(14)15/h4-5H,3,6-8H2,1-2H3,(H,14,15). The van der Waals surface area contributed by atoms with E-state index in [0.717, 1.165) is 25.9 Å². The lowest BCUT2D eigenvalue weighted by atomic mass is 9.95. The highest BCUT2D eigenvalue weighted by atomic mass is 16.5. The van der Waals surface area contributed by atoms with Crippen molar-refractivity contribution in [2.24, 2.45) is 0 Å². The van der Waals surface area contributed by atoms with Crippen molar-refractivity contribution in [3.05, 3.63) is 17.9 Å². The molecule has 2 rings (SSSR count). The normalized spacial score (nSPS) is 24.9. The van der Waals surface area contributed by atoms with Crippen LogP contribution in [-0.2, 0) is 4.74 Å². The number of aromatic carboxylic acids is 1. The summed E-state index contributed by atoms with van der Waals surface area (Å²) in [6.07, 6.45) is 2.01. The van der Waals surface area contributed by atoms with Crippen LogP contribution in [0.3, 0.4) is 0 Å². The zero-order chi connectivity index (χ0) is 12.5. The number of rotatable bonds is 3. The summed E-state index contributed by atoms with van der Waals surface area (Å²) < 4.78 is 10.8. The van der Waals surface area contributed by atoms with Crippen LogP contribution < -0.4 is 4.90 Å². The number of ether oxygens (including phenoxy) is 1. The number of anilines is 1. The quantitative estimate of drug-likeness (QED) is 0.873. The van der Waals surface area contributed by atoms with Gasteiger partial charge in [0.25, 0.3) is 0 Å². The van der Waals surface area contributed by atoms with E-state index in [0.29, 0.717) is 5.88 Å². The van der Waals surface area contributed by atoms with Crippen molar-refractivity contribution in [2.45, 2.75) is 25.4 Å². The number of furan rings is 1. The van der Waals surface area contributed by atoms with Crippen LogP contribution in [0.15, 0.2) is 16.5 Å². The maximum Gasteiger partial charge on any atom is 0.371 e. The molecule has 2 heterocycles. The Morgan fingerprint density at radius 3 is 2.94 bits per heavy atom. The SMILES string of the molecule is COC1(C)CCCN(c2ccc(C(=O)O)o2)C1. The summed E-state index contributed by atoms with van der Waals surface area (Å²) in [4.78, 5) is 12.8. The van der Waals surface area contributed by atoms with Gasteiger partial charge in [-0.2, -0.15) is 0 Å². The van der Waals surface area contributed by atoms with Crippen molar-refractivity contribution in [2.75, 3.05) is 25.1 Å². The summed E-state index contributed by atoms with van der Waals surface area (Å²) in [5.41, 5.74) is -0.186. The van der Waals surface area contributed by atoms with Crippen molar-refractivity contribution in [1.29, 1.82) is 0 Å². The minimum absolute atomic E-state index is 0.0234. The number of carbonyl (C=O) groups is 1. The Labute approximate surface area is 100.0 Å². The van der Waals surface area contributed by atoms with Gasteiger partial charge in [0, 0.05) is 26.3 Å². The fraction of sp³-hybridized carbons (Fsp3) is 0.583. The van der Waals surface area contributed by atoms with Gasteiger partial charge < -0.3 is 19.2 Å². The molecule has 0 saturated carbocycles. The Morgan fingerprint density at radius 1 is 1.59 bits per heavy atom. The first-order valence-corrected chi connectivity index (χ1v) is 5.67. The molecule has 0 spiro atoms. The highest BCUT2D eigenvalue weighted by Crippen LogP contribution is 2.29. The molecular formula is C12H17NO4. The molecule has 1 unspecified atom stereocenters. The predicted molar refractivity (Wildman–Crippen MR) is 62.5 cm³/mol. The Morgan fingerprint density at radius 2 is 2.35 bits per heavy atom. The van der Waals surface area contributed by atoms with Gasteiger partial charge in [-0.15, -0.1) is 0 Å².